The van der Waals surface area contributed by atoms with Crippen LogP contribution in [0.25, 0.3) is 0 Å². The van der Waals surface area contributed by atoms with Crippen molar-refractivity contribution in [1.29, 1.82) is 0 Å². The van der Waals surface area contributed by atoms with E-state index in [1.165, 1.54) is 5.56 Å². The van der Waals surface area contributed by atoms with Gasteiger partial charge in [0.2, 0.25) is 0 Å². The van der Waals surface area contributed by atoms with E-state index < -0.39 is 5.54 Å². The molecule has 4 heteroatoms. The summed E-state index contributed by atoms with van der Waals surface area (Å²) in [6, 6.07) is 10.4. The third-order valence-corrected chi connectivity index (χ3v) is 3.38. The smallest absolute Gasteiger partial charge is 0.325 e. The average Bonchev–Trinajstić information content (AvgIpc) is 2.44. The van der Waals surface area contributed by atoms with Gasteiger partial charge in [0.1, 0.15) is 5.54 Å². The van der Waals surface area contributed by atoms with Crippen molar-refractivity contribution in [3.8, 4) is 0 Å². The number of carbonyl (C=O) groups excluding carboxylic acids is 1. The number of hydrogen-bond donors (Lipinski definition) is 1. The molecule has 1 unspecified atom stereocenters. The van der Waals surface area contributed by atoms with E-state index in [1.54, 1.807) is 13.8 Å². The maximum Gasteiger partial charge on any atom is 0.325 e. The number of benzene rings is 1. The van der Waals surface area contributed by atoms with Crippen LogP contribution < -0.4 is 5.73 Å². The number of nitrogens with zero attached hydrogens (tertiary/aromatic N) is 1. The van der Waals surface area contributed by atoms with Gasteiger partial charge in [0.25, 0.3) is 0 Å². The topological polar surface area (TPSA) is 55.6 Å². The molecule has 1 rings (SSSR count). The van der Waals surface area contributed by atoms with Crippen molar-refractivity contribution in [2.45, 2.75) is 32.2 Å². The zero-order valence-electron chi connectivity index (χ0n) is 12.8. The first-order chi connectivity index (χ1) is 9.45. The summed E-state index contributed by atoms with van der Waals surface area (Å²) in [5.41, 5.74) is 6.41. The highest BCUT2D eigenvalue weighted by Crippen LogP contribution is 2.09. The predicted octanol–water partition coefficient (Wildman–Crippen LogP) is 1.83. The summed E-state index contributed by atoms with van der Waals surface area (Å²) in [6.45, 7) is 5.62. The molecule has 4 nitrogen and oxygen atoms in total. The molecule has 0 aliphatic heterocycles. The predicted molar refractivity (Wildman–Crippen MR) is 81.5 cm³/mol. The number of likely N-dealkylation sites (N-methyl/N-ethyl adjacent to an activating group) is 1. The average molecular weight is 278 g/mol. The van der Waals surface area contributed by atoms with Crippen molar-refractivity contribution in [2.24, 2.45) is 5.73 Å². The van der Waals surface area contributed by atoms with Crippen LogP contribution in [0.15, 0.2) is 30.3 Å². The van der Waals surface area contributed by atoms with E-state index in [4.69, 9.17) is 10.5 Å². The molecule has 2 N–H and O–H groups in total. The molecule has 0 radical (unpaired) electrons. The molecule has 0 amide bonds. The lowest BCUT2D eigenvalue weighted by atomic mass is 9.99. The van der Waals surface area contributed by atoms with Gasteiger partial charge in [0.15, 0.2) is 0 Å². The zero-order chi connectivity index (χ0) is 15.0. The van der Waals surface area contributed by atoms with E-state index in [0.717, 1.165) is 19.5 Å². The first-order valence-corrected chi connectivity index (χ1v) is 7.14. The number of ether oxygens (including phenoxy) is 1. The highest BCUT2D eigenvalue weighted by molar-refractivity contribution is 5.79. The van der Waals surface area contributed by atoms with Gasteiger partial charge >= 0.3 is 5.97 Å². The normalized spacial score (nSPS) is 14.1. The summed E-state index contributed by atoms with van der Waals surface area (Å²) in [4.78, 5) is 13.9. The van der Waals surface area contributed by atoms with Crippen LogP contribution in [0.5, 0.6) is 0 Å². The first-order valence-electron chi connectivity index (χ1n) is 7.14. The van der Waals surface area contributed by atoms with Crippen molar-refractivity contribution in [1.82, 2.24) is 4.90 Å². The van der Waals surface area contributed by atoms with Crippen LogP contribution in [0.3, 0.4) is 0 Å². The molecule has 0 bridgehead atoms. The highest BCUT2D eigenvalue weighted by Gasteiger charge is 2.29. The van der Waals surface area contributed by atoms with E-state index in [0.29, 0.717) is 13.0 Å². The van der Waals surface area contributed by atoms with E-state index in [2.05, 4.69) is 17.0 Å². The van der Waals surface area contributed by atoms with Crippen LogP contribution in [-0.2, 0) is 16.0 Å². The quantitative estimate of drug-likeness (QED) is 0.737. The molecular formula is C16H26N2O2. The Bertz CT molecular complexity index is 404. The molecule has 1 atom stereocenters. The van der Waals surface area contributed by atoms with Crippen molar-refractivity contribution < 1.29 is 9.53 Å². The Morgan fingerprint density at radius 2 is 1.95 bits per heavy atom. The Balaban J connectivity index is 2.32. The van der Waals surface area contributed by atoms with E-state index >= 15 is 0 Å². The van der Waals surface area contributed by atoms with Gasteiger partial charge in [-0.2, -0.15) is 0 Å². The Morgan fingerprint density at radius 3 is 2.55 bits per heavy atom. The summed E-state index contributed by atoms with van der Waals surface area (Å²) in [5.74, 6) is -0.323. The Hall–Kier alpha value is -1.39. The zero-order valence-corrected chi connectivity index (χ0v) is 12.8. The molecule has 1 aromatic carbocycles. The number of nitrogens with two attached hydrogens (primary N) is 1. The van der Waals surface area contributed by atoms with Gasteiger partial charge in [-0.1, -0.05) is 30.3 Å². The minimum Gasteiger partial charge on any atom is -0.465 e. The van der Waals surface area contributed by atoms with Crippen LogP contribution >= 0.6 is 0 Å². The second-order valence-corrected chi connectivity index (χ2v) is 5.43. The fourth-order valence-electron chi connectivity index (χ4n) is 1.90. The lowest BCUT2D eigenvalue weighted by molar-refractivity contribution is -0.149. The van der Waals surface area contributed by atoms with E-state index in [-0.39, 0.29) is 5.97 Å². The van der Waals surface area contributed by atoms with E-state index in [1.807, 2.05) is 25.2 Å². The molecular weight excluding hydrogens is 252 g/mol. The first kappa shape index (κ1) is 16.7. The number of carbonyl (C=O) groups is 1. The minimum absolute atomic E-state index is 0.323. The third-order valence-electron chi connectivity index (χ3n) is 3.38. The fourth-order valence-corrected chi connectivity index (χ4v) is 1.90. The van der Waals surface area contributed by atoms with Crippen LogP contribution in [0, 0.1) is 0 Å². The van der Waals surface area contributed by atoms with Crippen LogP contribution in [0.1, 0.15) is 25.8 Å². The molecule has 0 aromatic heterocycles. The lowest BCUT2D eigenvalue weighted by Gasteiger charge is -2.25. The van der Waals surface area contributed by atoms with Gasteiger partial charge in [-0.15, -0.1) is 0 Å². The summed E-state index contributed by atoms with van der Waals surface area (Å²) >= 11 is 0. The molecule has 0 saturated carbocycles. The van der Waals surface area contributed by atoms with Gasteiger partial charge < -0.3 is 15.4 Å². The van der Waals surface area contributed by atoms with Gasteiger partial charge in [-0.25, -0.2) is 0 Å². The number of rotatable bonds is 8. The third kappa shape index (κ3) is 5.72. The van der Waals surface area contributed by atoms with Crippen molar-refractivity contribution >= 4 is 5.97 Å². The SMILES string of the molecule is CCOC(=O)C(C)(N)CCN(C)CCc1ccccc1. The second kappa shape index (κ2) is 8.02. The number of esters is 1. The van der Waals surface area contributed by atoms with Gasteiger partial charge in [0.05, 0.1) is 6.61 Å². The molecule has 20 heavy (non-hydrogen) atoms. The van der Waals surface area contributed by atoms with E-state index in [9.17, 15) is 4.79 Å². The van der Waals surface area contributed by atoms with Crippen LogP contribution in [-0.4, -0.2) is 43.2 Å². The molecule has 0 saturated heterocycles. The second-order valence-electron chi connectivity index (χ2n) is 5.43. The molecule has 112 valence electrons. The summed E-state index contributed by atoms with van der Waals surface area (Å²) in [6.07, 6.45) is 1.59. The van der Waals surface area contributed by atoms with Gasteiger partial charge in [-0.3, -0.25) is 4.79 Å². The Morgan fingerprint density at radius 1 is 1.30 bits per heavy atom. The lowest BCUT2D eigenvalue weighted by Crippen LogP contribution is -2.48. The van der Waals surface area contributed by atoms with Crippen LogP contribution in [0.2, 0.25) is 0 Å². The van der Waals surface area contributed by atoms with Gasteiger partial charge in [0, 0.05) is 13.1 Å². The summed E-state index contributed by atoms with van der Waals surface area (Å²) in [7, 11) is 2.05. The Kier molecular flexibility index (Phi) is 6.68. The minimum atomic E-state index is -0.906. The standard InChI is InChI=1S/C16H26N2O2/c1-4-20-15(19)16(2,17)11-13-18(3)12-10-14-8-6-5-7-9-14/h5-9H,4,10-13,17H2,1-3H3. The molecule has 0 spiro atoms. The summed E-state index contributed by atoms with van der Waals surface area (Å²) in [5, 5.41) is 0. The fraction of sp³-hybridized carbons (Fsp3) is 0.562. The number of hydrogen-bond acceptors (Lipinski definition) is 4. The monoisotopic (exact) mass is 278 g/mol. The molecule has 0 aliphatic rings. The highest BCUT2D eigenvalue weighted by atomic mass is 16.5. The van der Waals surface area contributed by atoms with Crippen molar-refractivity contribution in [3.05, 3.63) is 35.9 Å². The maximum atomic E-state index is 11.7. The maximum absolute atomic E-state index is 11.7. The Labute approximate surface area is 121 Å². The largest absolute Gasteiger partial charge is 0.465 e. The van der Waals surface area contributed by atoms with Crippen LogP contribution in [0.4, 0.5) is 0 Å². The summed E-state index contributed by atoms with van der Waals surface area (Å²) < 4.78 is 4.99. The molecule has 0 aliphatic carbocycles. The van der Waals surface area contributed by atoms with Gasteiger partial charge in [-0.05, 0) is 39.3 Å². The molecule has 1 aromatic rings. The molecule has 0 fully saturated rings. The van der Waals surface area contributed by atoms with Crippen molar-refractivity contribution in [3.63, 3.8) is 0 Å². The molecule has 0 heterocycles. The van der Waals surface area contributed by atoms with Crippen molar-refractivity contribution in [2.75, 3.05) is 26.7 Å².